The van der Waals surface area contributed by atoms with Gasteiger partial charge in [-0.15, -0.1) is 11.3 Å². The maximum atomic E-state index is 13.5. The van der Waals surface area contributed by atoms with E-state index in [-0.39, 0.29) is 17.9 Å². The lowest BCUT2D eigenvalue weighted by atomic mass is 9.95. The Morgan fingerprint density at radius 2 is 1.80 bits per heavy atom. The molecule has 152 valence electrons. The predicted octanol–water partition coefficient (Wildman–Crippen LogP) is 4.52. The molecule has 0 saturated carbocycles. The van der Waals surface area contributed by atoms with E-state index in [1.54, 1.807) is 24.3 Å². The minimum absolute atomic E-state index is 0.0201. The van der Waals surface area contributed by atoms with E-state index in [2.05, 4.69) is 0 Å². The summed E-state index contributed by atoms with van der Waals surface area (Å²) in [6.45, 7) is 0.212. The highest BCUT2D eigenvalue weighted by atomic mass is 32.1. The van der Waals surface area contributed by atoms with E-state index in [1.165, 1.54) is 47.6 Å². The maximum Gasteiger partial charge on any atom is 0.295 e. The fourth-order valence-corrected chi connectivity index (χ4v) is 4.21. The maximum absolute atomic E-state index is 13.5. The number of methoxy groups -OCH3 is 1. The first kappa shape index (κ1) is 19.8. The van der Waals surface area contributed by atoms with Crippen molar-refractivity contribution in [2.45, 2.75) is 12.6 Å². The molecule has 1 amide bonds. The van der Waals surface area contributed by atoms with Crippen molar-refractivity contribution >= 4 is 28.8 Å². The van der Waals surface area contributed by atoms with Crippen LogP contribution in [-0.4, -0.2) is 28.8 Å². The average Bonchev–Trinajstić information content (AvgIpc) is 3.36. The van der Waals surface area contributed by atoms with Crippen LogP contribution in [-0.2, 0) is 16.1 Å². The second kappa shape index (κ2) is 8.12. The molecule has 0 radical (unpaired) electrons. The van der Waals surface area contributed by atoms with Crippen molar-refractivity contribution in [3.63, 3.8) is 0 Å². The van der Waals surface area contributed by atoms with Crippen LogP contribution in [0.2, 0.25) is 0 Å². The first-order chi connectivity index (χ1) is 14.5. The number of aliphatic hydroxyl groups is 1. The number of nitrogens with zero attached hydrogens (tertiary/aromatic N) is 1. The topological polar surface area (TPSA) is 66.8 Å². The molecule has 1 saturated heterocycles. The molecule has 2 aromatic carbocycles. The number of aliphatic hydroxyl groups excluding tert-OH is 1. The Morgan fingerprint density at radius 3 is 2.40 bits per heavy atom. The number of benzene rings is 2. The van der Waals surface area contributed by atoms with Gasteiger partial charge in [-0.3, -0.25) is 9.59 Å². The molecule has 1 unspecified atom stereocenters. The van der Waals surface area contributed by atoms with Gasteiger partial charge in [0.2, 0.25) is 0 Å². The van der Waals surface area contributed by atoms with E-state index < -0.39 is 23.5 Å². The fraction of sp³-hybridized carbons (Fsp3) is 0.130. The first-order valence-corrected chi connectivity index (χ1v) is 10.1. The molecule has 5 nitrogen and oxygen atoms in total. The van der Waals surface area contributed by atoms with Crippen LogP contribution in [0.25, 0.3) is 5.76 Å². The molecule has 1 aliphatic heterocycles. The molecule has 2 heterocycles. The molecule has 1 fully saturated rings. The Labute approximate surface area is 176 Å². The van der Waals surface area contributed by atoms with E-state index in [9.17, 15) is 19.1 Å². The van der Waals surface area contributed by atoms with Crippen LogP contribution in [0.4, 0.5) is 4.39 Å². The van der Waals surface area contributed by atoms with Crippen molar-refractivity contribution in [2.75, 3.05) is 7.11 Å². The smallest absolute Gasteiger partial charge is 0.295 e. The molecule has 0 bridgehead atoms. The summed E-state index contributed by atoms with van der Waals surface area (Å²) in [6.07, 6.45) is 0. The molecule has 1 aliphatic rings. The molecule has 0 aliphatic carbocycles. The van der Waals surface area contributed by atoms with Crippen LogP contribution in [0.15, 0.2) is 71.6 Å². The predicted molar refractivity (Wildman–Crippen MR) is 112 cm³/mol. The molecule has 30 heavy (non-hydrogen) atoms. The number of rotatable bonds is 5. The third kappa shape index (κ3) is 3.59. The number of likely N-dealkylation sites (tertiary alicyclic amines) is 1. The summed E-state index contributed by atoms with van der Waals surface area (Å²) >= 11 is 1.47. The van der Waals surface area contributed by atoms with Crippen molar-refractivity contribution in [1.29, 1.82) is 0 Å². The number of carbonyl (C=O) groups excluding carboxylic acids is 2. The molecular formula is C23H18FNO4S. The number of thiophene rings is 1. The lowest BCUT2D eigenvalue weighted by molar-refractivity contribution is -0.140. The zero-order valence-corrected chi connectivity index (χ0v) is 16.9. The molecule has 1 aromatic heterocycles. The third-order valence-electron chi connectivity index (χ3n) is 5.00. The Balaban J connectivity index is 1.84. The summed E-state index contributed by atoms with van der Waals surface area (Å²) in [5, 5.41) is 12.9. The highest BCUT2D eigenvalue weighted by Gasteiger charge is 2.46. The van der Waals surface area contributed by atoms with E-state index in [0.717, 1.165) is 4.88 Å². The molecule has 1 N–H and O–H groups in total. The van der Waals surface area contributed by atoms with Crippen LogP contribution in [0, 0.1) is 5.82 Å². The second-order valence-corrected chi connectivity index (χ2v) is 7.82. The van der Waals surface area contributed by atoms with Gasteiger partial charge in [-0.1, -0.05) is 18.2 Å². The highest BCUT2D eigenvalue weighted by Crippen LogP contribution is 2.40. The van der Waals surface area contributed by atoms with Crippen LogP contribution < -0.4 is 4.74 Å². The summed E-state index contributed by atoms with van der Waals surface area (Å²) in [4.78, 5) is 28.1. The Morgan fingerprint density at radius 1 is 1.10 bits per heavy atom. The molecular weight excluding hydrogens is 405 g/mol. The number of amides is 1. The zero-order valence-electron chi connectivity index (χ0n) is 16.0. The van der Waals surface area contributed by atoms with Gasteiger partial charge in [-0.2, -0.15) is 0 Å². The number of ketones is 1. The van der Waals surface area contributed by atoms with E-state index in [0.29, 0.717) is 16.9 Å². The van der Waals surface area contributed by atoms with Crippen molar-refractivity contribution in [3.8, 4) is 5.75 Å². The zero-order chi connectivity index (χ0) is 21.3. The van der Waals surface area contributed by atoms with Crippen molar-refractivity contribution in [2.24, 2.45) is 0 Å². The summed E-state index contributed by atoms with van der Waals surface area (Å²) < 4.78 is 18.6. The summed E-state index contributed by atoms with van der Waals surface area (Å²) in [7, 11) is 1.53. The Bertz CT molecular complexity index is 1110. The second-order valence-electron chi connectivity index (χ2n) is 6.79. The summed E-state index contributed by atoms with van der Waals surface area (Å²) in [6, 6.07) is 15.0. The summed E-state index contributed by atoms with van der Waals surface area (Å²) in [5.41, 5.74) is 0.910. The van der Waals surface area contributed by atoms with Crippen LogP contribution in [0.1, 0.15) is 22.0 Å². The Kier molecular flexibility index (Phi) is 5.37. The largest absolute Gasteiger partial charge is 0.507 e. The van der Waals surface area contributed by atoms with Gasteiger partial charge in [0.1, 0.15) is 17.3 Å². The molecule has 7 heteroatoms. The normalized spacial score (nSPS) is 18.1. The SMILES string of the molecule is COc1ccc(/C(O)=C2/C(=O)C(=O)N(Cc3cccs3)C2c2ccc(F)cc2)cc1. The summed E-state index contributed by atoms with van der Waals surface area (Å²) in [5.74, 6) is -1.58. The minimum Gasteiger partial charge on any atom is -0.507 e. The quantitative estimate of drug-likeness (QED) is 0.372. The Hall–Kier alpha value is -3.45. The van der Waals surface area contributed by atoms with Crippen molar-refractivity contribution in [1.82, 2.24) is 4.90 Å². The lowest BCUT2D eigenvalue weighted by Gasteiger charge is -2.25. The minimum atomic E-state index is -0.824. The number of carbonyl (C=O) groups is 2. The van der Waals surface area contributed by atoms with Crippen LogP contribution in [0.5, 0.6) is 5.75 Å². The van der Waals surface area contributed by atoms with Gasteiger partial charge in [-0.25, -0.2) is 4.39 Å². The highest BCUT2D eigenvalue weighted by molar-refractivity contribution is 7.09. The number of Topliss-reactive ketones (excluding diaryl/α,β-unsaturated/α-hetero) is 1. The van der Waals surface area contributed by atoms with Gasteiger partial charge in [0.25, 0.3) is 11.7 Å². The fourth-order valence-electron chi connectivity index (χ4n) is 3.51. The number of hydrogen-bond donors (Lipinski definition) is 1. The number of hydrogen-bond acceptors (Lipinski definition) is 5. The van der Waals surface area contributed by atoms with Gasteiger partial charge in [0, 0.05) is 10.4 Å². The monoisotopic (exact) mass is 423 g/mol. The molecule has 4 rings (SSSR count). The van der Waals surface area contributed by atoms with E-state index in [4.69, 9.17) is 4.74 Å². The standard InChI is InChI=1S/C23H18FNO4S/c1-29-17-10-6-15(7-11-17)21(26)19-20(14-4-8-16(24)9-5-14)25(23(28)22(19)27)13-18-3-2-12-30-18/h2-12,20,26H,13H2,1H3/b21-19-. The molecule has 1 atom stereocenters. The van der Waals surface area contributed by atoms with E-state index in [1.807, 2.05) is 17.5 Å². The van der Waals surface area contributed by atoms with E-state index >= 15 is 0 Å². The van der Waals surface area contributed by atoms with Gasteiger partial charge in [-0.05, 0) is 53.4 Å². The third-order valence-corrected chi connectivity index (χ3v) is 5.86. The molecule has 0 spiro atoms. The van der Waals surface area contributed by atoms with Gasteiger partial charge in [0.05, 0.1) is 25.3 Å². The first-order valence-electron chi connectivity index (χ1n) is 9.20. The van der Waals surface area contributed by atoms with Crippen molar-refractivity contribution < 1.29 is 23.8 Å². The number of halogens is 1. The van der Waals surface area contributed by atoms with Gasteiger partial charge in [0.15, 0.2) is 0 Å². The lowest BCUT2D eigenvalue weighted by Crippen LogP contribution is -2.28. The van der Waals surface area contributed by atoms with Gasteiger partial charge >= 0.3 is 0 Å². The van der Waals surface area contributed by atoms with Crippen LogP contribution in [0.3, 0.4) is 0 Å². The van der Waals surface area contributed by atoms with Crippen molar-refractivity contribution in [3.05, 3.63) is 93.4 Å². The van der Waals surface area contributed by atoms with Gasteiger partial charge < -0.3 is 14.7 Å². The number of ether oxygens (including phenoxy) is 1. The van der Waals surface area contributed by atoms with Crippen LogP contribution >= 0.6 is 11.3 Å². The molecule has 3 aromatic rings. The average molecular weight is 423 g/mol.